The lowest BCUT2D eigenvalue weighted by Gasteiger charge is -2.17. The van der Waals surface area contributed by atoms with Crippen molar-refractivity contribution in [1.29, 1.82) is 0 Å². The molecule has 1 unspecified atom stereocenters. The van der Waals surface area contributed by atoms with Gasteiger partial charge >= 0.3 is 0 Å². The number of hydrogen-bond acceptors (Lipinski definition) is 5. The van der Waals surface area contributed by atoms with Crippen LogP contribution in [0.5, 0.6) is 5.88 Å². The van der Waals surface area contributed by atoms with Crippen molar-refractivity contribution in [2.24, 2.45) is 4.99 Å². The molecule has 3 heterocycles. The van der Waals surface area contributed by atoms with Gasteiger partial charge in [0.2, 0.25) is 12.0 Å². The number of anilines is 1. The van der Waals surface area contributed by atoms with Crippen LogP contribution in [-0.4, -0.2) is 40.1 Å². The Kier molecular flexibility index (Phi) is 5.91. The number of ether oxygens (including phenoxy) is 1. The van der Waals surface area contributed by atoms with Crippen molar-refractivity contribution in [3.05, 3.63) is 101 Å². The van der Waals surface area contributed by atoms with E-state index in [1.165, 1.54) is 10.7 Å². The first-order chi connectivity index (χ1) is 18.5. The fraction of sp³-hybridized carbons (Fsp3) is 0.143. The van der Waals surface area contributed by atoms with Gasteiger partial charge in [-0.2, -0.15) is 5.10 Å². The minimum absolute atomic E-state index is 0.0125. The zero-order chi connectivity index (χ0) is 26.2. The highest BCUT2D eigenvalue weighted by atomic mass is 19.1. The number of para-hydroxylation sites is 1. The summed E-state index contributed by atoms with van der Waals surface area (Å²) in [6.07, 6.45) is -0.662. The molecule has 3 aromatic carbocycles. The summed E-state index contributed by atoms with van der Waals surface area (Å²) < 4.78 is 35.6. The Balaban J connectivity index is 1.43. The molecule has 1 aromatic heterocycles. The lowest BCUT2D eigenvalue weighted by molar-refractivity contribution is -0.117. The van der Waals surface area contributed by atoms with Crippen LogP contribution in [0.15, 0.2) is 77.8 Å². The molecule has 2 N–H and O–H groups in total. The predicted octanol–water partition coefficient (Wildman–Crippen LogP) is 4.16. The molecule has 190 valence electrons. The highest BCUT2D eigenvalue weighted by Crippen LogP contribution is 2.34. The molecule has 10 heteroatoms. The zero-order valence-electron chi connectivity index (χ0n) is 19.9. The maximum Gasteiger partial charge on any atom is 0.269 e. The Labute approximate surface area is 216 Å². The molecule has 2 amide bonds. The van der Waals surface area contributed by atoms with E-state index in [1.807, 2.05) is 42.5 Å². The van der Waals surface area contributed by atoms with Crippen LogP contribution in [0, 0.1) is 11.6 Å². The Morgan fingerprint density at radius 1 is 1.03 bits per heavy atom. The van der Waals surface area contributed by atoms with Crippen molar-refractivity contribution >= 4 is 23.2 Å². The van der Waals surface area contributed by atoms with Gasteiger partial charge in [0.25, 0.3) is 11.8 Å². The summed E-state index contributed by atoms with van der Waals surface area (Å²) in [7, 11) is 0. The van der Waals surface area contributed by atoms with Gasteiger partial charge in [0.1, 0.15) is 22.9 Å². The number of benzene rings is 3. The standard InChI is InChI=1S/C28H21F2N5O3/c29-17-11-12-18(20(30)15-17)24-22(28-35(34-24)13-6-14-38-28)26(36)33-25-27(37)31-21-10-5-4-9-19(21)23(32-25)16-7-2-1-3-8-16/h1-5,7-12,15,25H,6,13-14H2,(H,31,37)(H,33,36). The number of benzodiazepines with no additional fused rings is 1. The zero-order valence-corrected chi connectivity index (χ0v) is 19.9. The van der Waals surface area contributed by atoms with Crippen LogP contribution < -0.4 is 15.4 Å². The van der Waals surface area contributed by atoms with Crippen molar-refractivity contribution in [2.75, 3.05) is 11.9 Å². The predicted molar refractivity (Wildman–Crippen MR) is 136 cm³/mol. The van der Waals surface area contributed by atoms with Crippen LogP contribution in [0.1, 0.15) is 27.9 Å². The molecule has 0 fully saturated rings. The number of halogens is 2. The van der Waals surface area contributed by atoms with E-state index in [0.29, 0.717) is 36.5 Å². The number of aliphatic imine (C=N–C) groups is 1. The lowest BCUT2D eigenvalue weighted by Crippen LogP contribution is -2.42. The first kappa shape index (κ1) is 23.5. The quantitative estimate of drug-likeness (QED) is 0.428. The molecular formula is C28H21F2N5O3. The number of amides is 2. The molecule has 0 aliphatic carbocycles. The third kappa shape index (κ3) is 4.19. The average molecular weight is 514 g/mol. The molecule has 0 saturated heterocycles. The van der Waals surface area contributed by atoms with Crippen LogP contribution in [0.2, 0.25) is 0 Å². The molecular weight excluding hydrogens is 492 g/mol. The Hall–Kier alpha value is -4.86. The number of carbonyl (C=O) groups is 2. The van der Waals surface area contributed by atoms with Crippen molar-refractivity contribution in [2.45, 2.75) is 19.1 Å². The summed E-state index contributed by atoms with van der Waals surface area (Å²) in [5.41, 5.74) is 2.40. The number of aromatic nitrogens is 2. The van der Waals surface area contributed by atoms with Gasteiger partial charge in [-0.15, -0.1) is 0 Å². The van der Waals surface area contributed by atoms with Crippen LogP contribution in [-0.2, 0) is 11.3 Å². The highest BCUT2D eigenvalue weighted by Gasteiger charge is 2.33. The van der Waals surface area contributed by atoms with Gasteiger partial charge in [0.15, 0.2) is 0 Å². The Morgan fingerprint density at radius 3 is 2.63 bits per heavy atom. The van der Waals surface area contributed by atoms with Gasteiger partial charge in [-0.1, -0.05) is 48.5 Å². The lowest BCUT2D eigenvalue weighted by atomic mass is 10.0. The van der Waals surface area contributed by atoms with Crippen molar-refractivity contribution in [3.8, 4) is 17.1 Å². The van der Waals surface area contributed by atoms with Crippen LogP contribution in [0.3, 0.4) is 0 Å². The number of nitrogens with one attached hydrogen (secondary N) is 2. The first-order valence-corrected chi connectivity index (χ1v) is 12.0. The molecule has 8 nitrogen and oxygen atoms in total. The van der Waals surface area contributed by atoms with E-state index in [-0.39, 0.29) is 22.7 Å². The van der Waals surface area contributed by atoms with Gasteiger partial charge in [0.05, 0.1) is 18.0 Å². The smallest absolute Gasteiger partial charge is 0.269 e. The summed E-state index contributed by atoms with van der Waals surface area (Å²) in [4.78, 5) is 31.6. The summed E-state index contributed by atoms with van der Waals surface area (Å²) in [6.45, 7) is 0.792. The Bertz CT molecular complexity index is 1600. The maximum atomic E-state index is 14.8. The van der Waals surface area contributed by atoms with E-state index in [1.54, 1.807) is 12.1 Å². The van der Waals surface area contributed by atoms with Gasteiger partial charge in [0, 0.05) is 35.7 Å². The van der Waals surface area contributed by atoms with Crippen molar-refractivity contribution in [1.82, 2.24) is 15.1 Å². The number of fused-ring (bicyclic) bond motifs is 2. The molecule has 2 aliphatic rings. The first-order valence-electron chi connectivity index (χ1n) is 12.0. The van der Waals surface area contributed by atoms with E-state index in [9.17, 15) is 18.4 Å². The average Bonchev–Trinajstić information content (AvgIpc) is 3.24. The van der Waals surface area contributed by atoms with Crippen molar-refractivity contribution < 1.29 is 23.1 Å². The fourth-order valence-corrected chi connectivity index (χ4v) is 4.58. The molecule has 6 rings (SSSR count). The molecule has 1 atom stereocenters. The van der Waals surface area contributed by atoms with Gasteiger partial charge in [-0.05, 0) is 18.2 Å². The SMILES string of the molecule is O=C(NC1N=C(c2ccccc2)c2ccccc2NC1=O)c1c(-c2ccc(F)cc2F)nn2c1OCCC2. The van der Waals surface area contributed by atoms with Gasteiger partial charge in [-0.3, -0.25) is 9.59 Å². The fourth-order valence-electron chi connectivity index (χ4n) is 4.58. The number of aryl methyl sites for hydroxylation is 1. The van der Waals surface area contributed by atoms with Crippen LogP contribution >= 0.6 is 0 Å². The van der Waals surface area contributed by atoms with Gasteiger partial charge < -0.3 is 15.4 Å². The minimum Gasteiger partial charge on any atom is -0.477 e. The molecule has 38 heavy (non-hydrogen) atoms. The second-order valence-electron chi connectivity index (χ2n) is 8.83. The van der Waals surface area contributed by atoms with Crippen LogP contribution in [0.4, 0.5) is 14.5 Å². The summed E-state index contributed by atoms with van der Waals surface area (Å²) in [6, 6.07) is 19.6. The topological polar surface area (TPSA) is 97.6 Å². The van der Waals surface area contributed by atoms with E-state index in [2.05, 4.69) is 20.7 Å². The maximum absolute atomic E-state index is 14.8. The van der Waals surface area contributed by atoms with Crippen molar-refractivity contribution in [3.63, 3.8) is 0 Å². The Morgan fingerprint density at radius 2 is 1.82 bits per heavy atom. The summed E-state index contributed by atoms with van der Waals surface area (Å²) in [5, 5.41) is 9.88. The number of nitrogens with zero attached hydrogens (tertiary/aromatic N) is 3. The third-order valence-electron chi connectivity index (χ3n) is 6.33. The highest BCUT2D eigenvalue weighted by molar-refractivity contribution is 6.20. The summed E-state index contributed by atoms with van der Waals surface area (Å²) >= 11 is 0. The second-order valence-corrected chi connectivity index (χ2v) is 8.83. The molecule has 0 spiro atoms. The molecule has 2 aliphatic heterocycles. The monoisotopic (exact) mass is 513 g/mol. The van der Waals surface area contributed by atoms with Gasteiger partial charge in [-0.25, -0.2) is 18.5 Å². The molecule has 4 aromatic rings. The molecule has 0 saturated carbocycles. The largest absolute Gasteiger partial charge is 0.477 e. The molecule has 0 bridgehead atoms. The minimum atomic E-state index is -1.31. The number of hydrogen-bond donors (Lipinski definition) is 2. The second kappa shape index (κ2) is 9.55. The molecule has 0 radical (unpaired) electrons. The normalized spacial score (nSPS) is 16.3. The van der Waals surface area contributed by atoms with E-state index in [4.69, 9.17) is 4.74 Å². The number of rotatable bonds is 4. The summed E-state index contributed by atoms with van der Waals surface area (Å²) in [5.74, 6) is -2.75. The number of carbonyl (C=O) groups excluding carboxylic acids is 2. The van der Waals surface area contributed by atoms with E-state index < -0.39 is 29.6 Å². The van der Waals surface area contributed by atoms with Crippen LogP contribution in [0.25, 0.3) is 11.3 Å². The van der Waals surface area contributed by atoms with E-state index >= 15 is 0 Å². The van der Waals surface area contributed by atoms with E-state index in [0.717, 1.165) is 17.7 Å². The third-order valence-corrected chi connectivity index (χ3v) is 6.33.